The van der Waals surface area contributed by atoms with Crippen molar-refractivity contribution in [2.45, 2.75) is 37.4 Å². The molecule has 0 aliphatic rings. The Bertz CT molecular complexity index is 1570. The predicted octanol–water partition coefficient (Wildman–Crippen LogP) is 5.85. The summed E-state index contributed by atoms with van der Waals surface area (Å²) in [7, 11) is -3.90. The zero-order chi connectivity index (χ0) is 27.7. The van der Waals surface area contributed by atoms with Crippen LogP contribution in [0.25, 0.3) is 33.6 Å². The summed E-state index contributed by atoms with van der Waals surface area (Å²) >= 11 is 0. The van der Waals surface area contributed by atoms with Crippen LogP contribution in [0, 0.1) is 6.92 Å². The molecule has 0 amide bonds. The molecule has 0 fully saturated rings. The molecule has 0 radical (unpaired) electrons. The van der Waals surface area contributed by atoms with Crippen molar-refractivity contribution >= 4 is 10.0 Å². The Labute approximate surface area is 219 Å². The molecule has 2 N–H and O–H groups in total. The number of nitrogens with one attached hydrogen (secondary N) is 1. The maximum atomic E-state index is 13.0. The van der Waals surface area contributed by atoms with Crippen molar-refractivity contribution in [3.05, 3.63) is 90.3 Å². The molecule has 4 rings (SSSR count). The van der Waals surface area contributed by atoms with Gasteiger partial charge >= 0.3 is 6.18 Å². The predicted molar refractivity (Wildman–Crippen MR) is 140 cm³/mol. The first-order chi connectivity index (χ1) is 17.8. The zero-order valence-corrected chi connectivity index (χ0v) is 21.7. The van der Waals surface area contributed by atoms with E-state index < -0.39 is 27.3 Å². The second-order valence-electron chi connectivity index (χ2n) is 9.56. The number of aliphatic hydroxyl groups is 1. The minimum Gasteiger partial charge on any atom is -0.394 e. The fourth-order valence-corrected chi connectivity index (χ4v) is 5.31. The molecular formula is C28H26F3N3O3S. The number of hydrogen-bond donors (Lipinski definition) is 2. The van der Waals surface area contributed by atoms with Crippen LogP contribution in [-0.2, 0) is 16.2 Å². The monoisotopic (exact) mass is 541 g/mol. The van der Waals surface area contributed by atoms with Gasteiger partial charge in [0.25, 0.3) is 0 Å². The summed E-state index contributed by atoms with van der Waals surface area (Å²) < 4.78 is 67.1. The van der Waals surface area contributed by atoms with Gasteiger partial charge in [-0.05, 0) is 80.4 Å². The first kappa shape index (κ1) is 27.4. The molecule has 0 atom stereocenters. The molecule has 0 spiro atoms. The van der Waals surface area contributed by atoms with E-state index in [2.05, 4.69) is 14.7 Å². The lowest BCUT2D eigenvalue weighted by Gasteiger charge is -2.23. The van der Waals surface area contributed by atoms with E-state index in [1.165, 1.54) is 24.3 Å². The van der Waals surface area contributed by atoms with Crippen molar-refractivity contribution in [1.29, 1.82) is 0 Å². The van der Waals surface area contributed by atoms with E-state index in [1.54, 1.807) is 63.4 Å². The summed E-state index contributed by atoms with van der Waals surface area (Å²) in [6.07, 6.45) is -2.83. The third kappa shape index (κ3) is 6.27. The highest BCUT2D eigenvalue weighted by Crippen LogP contribution is 2.33. The fourth-order valence-electron chi connectivity index (χ4n) is 3.86. The summed E-state index contributed by atoms with van der Waals surface area (Å²) in [6, 6.07) is 18.4. The van der Waals surface area contributed by atoms with Gasteiger partial charge in [-0.3, -0.25) is 9.97 Å². The maximum absolute atomic E-state index is 13.0. The number of benzene rings is 2. The molecule has 38 heavy (non-hydrogen) atoms. The molecule has 6 nitrogen and oxygen atoms in total. The highest BCUT2D eigenvalue weighted by Gasteiger charge is 2.30. The molecule has 0 aliphatic heterocycles. The van der Waals surface area contributed by atoms with Crippen molar-refractivity contribution in [3.8, 4) is 33.6 Å². The molecule has 0 saturated heterocycles. The Kier molecular flexibility index (Phi) is 7.42. The second-order valence-corrected chi connectivity index (χ2v) is 11.2. The van der Waals surface area contributed by atoms with Crippen LogP contribution in [0.2, 0.25) is 0 Å². The number of hydrogen-bond acceptors (Lipinski definition) is 5. The van der Waals surface area contributed by atoms with E-state index in [9.17, 15) is 26.7 Å². The van der Waals surface area contributed by atoms with Gasteiger partial charge in [0.15, 0.2) is 0 Å². The van der Waals surface area contributed by atoms with Crippen molar-refractivity contribution < 1.29 is 26.7 Å². The van der Waals surface area contributed by atoms with Crippen LogP contribution in [-0.4, -0.2) is 35.6 Å². The molecule has 10 heteroatoms. The number of nitrogens with zero attached hydrogens (tertiary/aromatic N) is 2. The van der Waals surface area contributed by atoms with Crippen LogP contribution in [0.15, 0.2) is 83.9 Å². The summed E-state index contributed by atoms with van der Waals surface area (Å²) in [5.74, 6) is 0. The number of aliphatic hydroxyl groups excluding tert-OH is 1. The van der Waals surface area contributed by atoms with Gasteiger partial charge in [-0.15, -0.1) is 0 Å². The Morgan fingerprint density at radius 1 is 0.842 bits per heavy atom. The number of aryl methyl sites for hydroxylation is 1. The first-order valence-corrected chi connectivity index (χ1v) is 13.1. The largest absolute Gasteiger partial charge is 0.416 e. The second kappa shape index (κ2) is 10.3. The van der Waals surface area contributed by atoms with Gasteiger partial charge in [-0.25, -0.2) is 13.1 Å². The van der Waals surface area contributed by atoms with E-state index in [4.69, 9.17) is 0 Å². The summed E-state index contributed by atoms with van der Waals surface area (Å²) in [5, 5.41) is 9.44. The number of halogens is 3. The third-order valence-corrected chi connectivity index (χ3v) is 7.50. The van der Waals surface area contributed by atoms with Gasteiger partial charge in [0.2, 0.25) is 10.0 Å². The van der Waals surface area contributed by atoms with Gasteiger partial charge in [-0.1, -0.05) is 24.3 Å². The Balaban J connectivity index is 1.69. The summed E-state index contributed by atoms with van der Waals surface area (Å²) in [5.41, 5.74) is 2.65. The molecule has 0 unspecified atom stereocenters. The van der Waals surface area contributed by atoms with E-state index in [-0.39, 0.29) is 11.5 Å². The number of alkyl halides is 3. The van der Waals surface area contributed by atoms with Crippen LogP contribution in [0.3, 0.4) is 0 Å². The molecule has 0 bridgehead atoms. The zero-order valence-electron chi connectivity index (χ0n) is 20.9. The summed E-state index contributed by atoms with van der Waals surface area (Å²) in [4.78, 5) is 9.02. The first-order valence-electron chi connectivity index (χ1n) is 11.7. The highest BCUT2D eigenvalue weighted by molar-refractivity contribution is 7.89. The normalized spacial score (nSPS) is 12.5. The molecule has 4 aromatic rings. The van der Waals surface area contributed by atoms with E-state index in [1.807, 2.05) is 0 Å². The van der Waals surface area contributed by atoms with E-state index >= 15 is 0 Å². The lowest BCUT2D eigenvalue weighted by Crippen LogP contribution is -2.46. The Hall–Kier alpha value is -3.60. The smallest absolute Gasteiger partial charge is 0.394 e. The standard InChI is InChI=1S/C28H26F3N3O3S/c1-18-13-22(19-7-9-23(10-8-19)28(29,30)31)16-26(33-18)21-11-12-32-25(15-21)20-5-4-6-24(14-20)38(36,37)34-27(2,3)17-35/h4-16,34-35H,17H2,1-3H3. The van der Waals surface area contributed by atoms with Crippen molar-refractivity contribution in [2.24, 2.45) is 0 Å². The number of pyridine rings is 2. The molecule has 0 aliphatic carbocycles. The fraction of sp³-hybridized carbons (Fsp3) is 0.214. The topological polar surface area (TPSA) is 92.2 Å². The van der Waals surface area contributed by atoms with Crippen LogP contribution in [0.5, 0.6) is 0 Å². The van der Waals surface area contributed by atoms with Crippen molar-refractivity contribution in [1.82, 2.24) is 14.7 Å². The van der Waals surface area contributed by atoms with Gasteiger partial charge in [0.1, 0.15) is 0 Å². The summed E-state index contributed by atoms with van der Waals surface area (Å²) in [6.45, 7) is 4.59. The number of sulfonamides is 1. The molecule has 198 valence electrons. The number of rotatable bonds is 7. The maximum Gasteiger partial charge on any atom is 0.416 e. The molecule has 2 heterocycles. The third-order valence-electron chi connectivity index (χ3n) is 5.80. The lowest BCUT2D eigenvalue weighted by molar-refractivity contribution is -0.137. The van der Waals surface area contributed by atoms with Gasteiger partial charge in [0.05, 0.1) is 34.0 Å². The Morgan fingerprint density at radius 3 is 2.16 bits per heavy atom. The quantitative estimate of drug-likeness (QED) is 0.306. The molecule has 0 saturated carbocycles. The van der Waals surface area contributed by atoms with Crippen LogP contribution >= 0.6 is 0 Å². The minimum atomic E-state index is -4.41. The van der Waals surface area contributed by atoms with Crippen LogP contribution in [0.4, 0.5) is 13.2 Å². The lowest BCUT2D eigenvalue weighted by atomic mass is 10.0. The minimum absolute atomic E-state index is 0.0296. The average molecular weight is 542 g/mol. The van der Waals surface area contributed by atoms with E-state index in [0.29, 0.717) is 39.3 Å². The highest BCUT2D eigenvalue weighted by atomic mass is 32.2. The Morgan fingerprint density at radius 2 is 1.50 bits per heavy atom. The van der Waals surface area contributed by atoms with Crippen LogP contribution < -0.4 is 4.72 Å². The average Bonchev–Trinajstić information content (AvgIpc) is 2.87. The van der Waals surface area contributed by atoms with Gasteiger partial charge < -0.3 is 5.11 Å². The molecular weight excluding hydrogens is 515 g/mol. The number of aromatic nitrogens is 2. The van der Waals surface area contributed by atoms with E-state index in [0.717, 1.165) is 12.1 Å². The molecule has 2 aromatic heterocycles. The van der Waals surface area contributed by atoms with Crippen LogP contribution in [0.1, 0.15) is 25.1 Å². The van der Waals surface area contributed by atoms with Crippen molar-refractivity contribution in [3.63, 3.8) is 0 Å². The van der Waals surface area contributed by atoms with Gasteiger partial charge in [0, 0.05) is 23.0 Å². The SMILES string of the molecule is Cc1cc(-c2ccc(C(F)(F)F)cc2)cc(-c2ccnc(-c3cccc(S(=O)(=O)NC(C)(C)CO)c3)c2)n1. The van der Waals surface area contributed by atoms with Crippen molar-refractivity contribution in [2.75, 3.05) is 6.61 Å². The molecule has 2 aromatic carbocycles. The van der Waals surface area contributed by atoms with Gasteiger partial charge in [-0.2, -0.15) is 13.2 Å².